The monoisotopic (exact) mass is 198 g/mol. The van der Waals surface area contributed by atoms with Crippen LogP contribution in [0.5, 0.6) is 0 Å². The molecule has 3 aromatic rings. The van der Waals surface area contributed by atoms with Crippen LogP contribution in [0.15, 0.2) is 24.3 Å². The zero-order valence-corrected chi connectivity index (χ0v) is 8.29. The van der Waals surface area contributed by atoms with Gasteiger partial charge in [0.2, 0.25) is 0 Å². The Morgan fingerprint density at radius 3 is 2.80 bits per heavy atom. The molecule has 0 spiro atoms. The summed E-state index contributed by atoms with van der Waals surface area (Å²) < 4.78 is 0. The quantitative estimate of drug-likeness (QED) is 0.580. The average Bonchev–Trinajstić information content (AvgIpc) is 2.73. The molecule has 2 aromatic heterocycles. The van der Waals surface area contributed by atoms with Crippen LogP contribution in [-0.4, -0.2) is 16.3 Å². The van der Waals surface area contributed by atoms with Gasteiger partial charge in [-0.05, 0) is 24.6 Å². The molecule has 0 saturated heterocycles. The maximum Gasteiger partial charge on any atom is 0.166 e. The Balaban J connectivity index is 2.45. The van der Waals surface area contributed by atoms with E-state index < -0.39 is 0 Å². The van der Waals surface area contributed by atoms with E-state index in [1.165, 1.54) is 5.56 Å². The zero-order valence-electron chi connectivity index (χ0n) is 8.29. The fraction of sp³-hybridized carbons (Fsp3) is 0.0833. The van der Waals surface area contributed by atoms with E-state index in [0.717, 1.165) is 28.2 Å². The second-order valence-electron chi connectivity index (χ2n) is 3.81. The highest BCUT2D eigenvalue weighted by Crippen LogP contribution is 2.26. The molecular weight excluding hydrogens is 188 g/mol. The molecular formula is C12H10N2O. The Hall–Kier alpha value is -2.03. The van der Waals surface area contributed by atoms with E-state index in [0.29, 0.717) is 5.69 Å². The van der Waals surface area contributed by atoms with Crippen LogP contribution in [0.1, 0.15) is 16.1 Å². The number of fused-ring (bicyclic) bond motifs is 3. The van der Waals surface area contributed by atoms with E-state index in [2.05, 4.69) is 35.1 Å². The summed E-state index contributed by atoms with van der Waals surface area (Å²) in [6.45, 7) is 2.06. The van der Waals surface area contributed by atoms with Crippen molar-refractivity contribution in [3.05, 3.63) is 35.5 Å². The number of rotatable bonds is 1. The molecule has 3 nitrogen and oxygen atoms in total. The maximum atomic E-state index is 10.6. The van der Waals surface area contributed by atoms with Crippen molar-refractivity contribution in [2.45, 2.75) is 6.92 Å². The number of aromatic amines is 2. The third-order valence-corrected chi connectivity index (χ3v) is 2.69. The van der Waals surface area contributed by atoms with Crippen LogP contribution in [0.25, 0.3) is 21.9 Å². The van der Waals surface area contributed by atoms with Crippen molar-refractivity contribution in [1.82, 2.24) is 9.97 Å². The topological polar surface area (TPSA) is 48.6 Å². The van der Waals surface area contributed by atoms with Crippen LogP contribution in [0.2, 0.25) is 0 Å². The molecule has 0 fully saturated rings. The molecule has 15 heavy (non-hydrogen) atoms. The Morgan fingerprint density at radius 2 is 2.00 bits per heavy atom. The van der Waals surface area contributed by atoms with Gasteiger partial charge in [-0.3, -0.25) is 4.79 Å². The number of carbonyl (C=O) groups is 1. The minimum atomic E-state index is 0.610. The third-order valence-electron chi connectivity index (χ3n) is 2.69. The molecule has 0 bridgehead atoms. The molecule has 0 amide bonds. The Bertz CT molecular complexity index is 661. The predicted molar refractivity (Wildman–Crippen MR) is 60.3 cm³/mol. The van der Waals surface area contributed by atoms with Crippen molar-refractivity contribution in [3.63, 3.8) is 0 Å². The number of benzene rings is 1. The van der Waals surface area contributed by atoms with Crippen LogP contribution in [0.3, 0.4) is 0 Å². The van der Waals surface area contributed by atoms with Gasteiger partial charge in [0, 0.05) is 16.3 Å². The van der Waals surface area contributed by atoms with Crippen molar-refractivity contribution in [1.29, 1.82) is 0 Å². The van der Waals surface area contributed by atoms with Crippen LogP contribution in [-0.2, 0) is 0 Å². The summed E-state index contributed by atoms with van der Waals surface area (Å²) in [5, 5.41) is 2.23. The number of nitrogens with one attached hydrogen (secondary N) is 2. The lowest BCUT2D eigenvalue weighted by molar-refractivity contribution is 0.112. The number of aldehydes is 1. The minimum absolute atomic E-state index is 0.610. The summed E-state index contributed by atoms with van der Waals surface area (Å²) in [7, 11) is 0. The SMILES string of the molecule is Cc1ccc2c(c1)[nH]c1[nH]c(C=O)cc12. The normalized spacial score (nSPS) is 11.3. The summed E-state index contributed by atoms with van der Waals surface area (Å²) in [5.41, 5.74) is 3.85. The molecule has 0 atom stereocenters. The van der Waals surface area contributed by atoms with E-state index in [4.69, 9.17) is 0 Å². The average molecular weight is 198 g/mol. The van der Waals surface area contributed by atoms with Crippen molar-refractivity contribution in [2.75, 3.05) is 0 Å². The van der Waals surface area contributed by atoms with Gasteiger partial charge in [0.25, 0.3) is 0 Å². The van der Waals surface area contributed by atoms with E-state index in [9.17, 15) is 4.79 Å². The summed E-state index contributed by atoms with van der Waals surface area (Å²) in [4.78, 5) is 16.9. The van der Waals surface area contributed by atoms with Gasteiger partial charge in [0.1, 0.15) is 5.65 Å². The van der Waals surface area contributed by atoms with Gasteiger partial charge in [-0.2, -0.15) is 0 Å². The number of hydrogen-bond donors (Lipinski definition) is 2. The predicted octanol–water partition coefficient (Wildman–Crippen LogP) is 2.77. The number of aryl methyl sites for hydroxylation is 1. The summed E-state index contributed by atoms with van der Waals surface area (Å²) in [5.74, 6) is 0. The fourth-order valence-electron chi connectivity index (χ4n) is 1.98. The van der Waals surface area contributed by atoms with E-state index in [1.807, 2.05) is 6.07 Å². The first-order chi connectivity index (χ1) is 7.28. The second-order valence-corrected chi connectivity index (χ2v) is 3.81. The minimum Gasteiger partial charge on any atom is -0.341 e. The first kappa shape index (κ1) is 8.29. The molecule has 0 aliphatic carbocycles. The van der Waals surface area contributed by atoms with Gasteiger partial charge in [-0.25, -0.2) is 0 Å². The molecule has 74 valence electrons. The molecule has 0 saturated carbocycles. The summed E-state index contributed by atoms with van der Waals surface area (Å²) in [6, 6.07) is 8.12. The van der Waals surface area contributed by atoms with Crippen molar-refractivity contribution >= 4 is 28.2 Å². The van der Waals surface area contributed by atoms with Gasteiger partial charge >= 0.3 is 0 Å². The number of hydrogen-bond acceptors (Lipinski definition) is 1. The third kappa shape index (κ3) is 1.09. The summed E-state index contributed by atoms with van der Waals surface area (Å²) in [6.07, 6.45) is 0.827. The molecule has 0 aliphatic heterocycles. The Labute approximate surface area is 86.1 Å². The van der Waals surface area contributed by atoms with E-state index in [-0.39, 0.29) is 0 Å². The van der Waals surface area contributed by atoms with Crippen LogP contribution in [0.4, 0.5) is 0 Å². The first-order valence-electron chi connectivity index (χ1n) is 4.84. The highest BCUT2D eigenvalue weighted by atomic mass is 16.1. The smallest absolute Gasteiger partial charge is 0.166 e. The van der Waals surface area contributed by atoms with Gasteiger partial charge in [0.15, 0.2) is 6.29 Å². The van der Waals surface area contributed by atoms with Gasteiger partial charge in [-0.1, -0.05) is 12.1 Å². The molecule has 0 aliphatic rings. The van der Waals surface area contributed by atoms with Crippen molar-refractivity contribution < 1.29 is 4.79 Å². The first-order valence-corrected chi connectivity index (χ1v) is 4.84. The standard InChI is InChI=1S/C12H10N2O/c1-7-2-3-9-10-5-8(6-15)13-12(10)14-11(9)4-7/h2-6,13-14H,1H3. The molecule has 0 unspecified atom stereocenters. The van der Waals surface area contributed by atoms with Crippen LogP contribution in [0, 0.1) is 6.92 Å². The van der Waals surface area contributed by atoms with E-state index in [1.54, 1.807) is 0 Å². The molecule has 2 N–H and O–H groups in total. The molecule has 2 heterocycles. The Morgan fingerprint density at radius 1 is 1.13 bits per heavy atom. The number of carbonyl (C=O) groups excluding carboxylic acids is 1. The van der Waals surface area contributed by atoms with Crippen LogP contribution < -0.4 is 0 Å². The van der Waals surface area contributed by atoms with Gasteiger partial charge < -0.3 is 9.97 Å². The second kappa shape index (κ2) is 2.73. The summed E-state index contributed by atoms with van der Waals surface area (Å²) >= 11 is 0. The Kier molecular flexibility index (Phi) is 1.51. The van der Waals surface area contributed by atoms with Crippen LogP contribution >= 0.6 is 0 Å². The lowest BCUT2D eigenvalue weighted by Crippen LogP contribution is -1.77. The fourth-order valence-corrected chi connectivity index (χ4v) is 1.98. The maximum absolute atomic E-state index is 10.6. The van der Waals surface area contributed by atoms with Gasteiger partial charge in [-0.15, -0.1) is 0 Å². The molecule has 3 rings (SSSR count). The lowest BCUT2D eigenvalue weighted by atomic mass is 10.1. The van der Waals surface area contributed by atoms with Gasteiger partial charge in [0.05, 0.1) is 5.69 Å². The van der Waals surface area contributed by atoms with Crippen molar-refractivity contribution in [3.8, 4) is 0 Å². The number of aromatic nitrogens is 2. The highest BCUT2D eigenvalue weighted by molar-refractivity contribution is 6.08. The number of H-pyrrole nitrogens is 2. The molecule has 1 aromatic carbocycles. The largest absolute Gasteiger partial charge is 0.341 e. The lowest BCUT2D eigenvalue weighted by Gasteiger charge is -1.92. The molecule has 0 radical (unpaired) electrons. The van der Waals surface area contributed by atoms with Crippen molar-refractivity contribution in [2.24, 2.45) is 0 Å². The van der Waals surface area contributed by atoms with E-state index >= 15 is 0 Å². The highest BCUT2D eigenvalue weighted by Gasteiger charge is 2.07. The zero-order chi connectivity index (χ0) is 10.4. The molecule has 3 heteroatoms.